The molecule has 342 valence electrons. The van der Waals surface area contributed by atoms with Gasteiger partial charge in [-0.05, 0) is 39.2 Å². The number of aromatic nitrogens is 1. The number of esters is 1. The van der Waals surface area contributed by atoms with Crippen LogP contribution in [0, 0.1) is 30.6 Å². The maximum Gasteiger partial charge on any atom is 0.307 e. The number of aromatic hydroxyl groups is 1. The summed E-state index contributed by atoms with van der Waals surface area (Å²) >= 11 is 0. The number of anilines is 2. The first-order chi connectivity index (χ1) is 30.3. The summed E-state index contributed by atoms with van der Waals surface area (Å²) in [4.78, 5) is 61.8. The molecule has 64 heavy (non-hydrogen) atoms. The van der Waals surface area contributed by atoms with Crippen molar-refractivity contribution in [2.45, 2.75) is 105 Å². The van der Waals surface area contributed by atoms with Crippen molar-refractivity contribution in [2.75, 3.05) is 30.4 Å². The number of nitrogens with zero attached hydrogens (tertiary/aromatic N) is 2. The number of rotatable bonds is 3. The van der Waals surface area contributed by atoms with Gasteiger partial charge in [0.2, 0.25) is 10.9 Å². The molecule has 0 saturated carbocycles. The number of fused-ring (bicyclic) bond motifs is 2. The number of carbonyl (C=O) groups is 2. The van der Waals surface area contributed by atoms with Gasteiger partial charge in [0, 0.05) is 92.1 Å². The van der Waals surface area contributed by atoms with Crippen LogP contribution in [0.15, 0.2) is 62.3 Å². The van der Waals surface area contributed by atoms with Gasteiger partial charge in [0.1, 0.15) is 28.8 Å². The molecule has 1 saturated heterocycles. The van der Waals surface area contributed by atoms with E-state index in [1.807, 2.05) is 0 Å². The number of piperidine rings is 1. The number of phenols is 1. The maximum atomic E-state index is 14.8. The van der Waals surface area contributed by atoms with Gasteiger partial charge in [0.25, 0.3) is 5.91 Å². The molecule has 16 heteroatoms. The van der Waals surface area contributed by atoms with Crippen molar-refractivity contribution < 1.29 is 53.4 Å². The summed E-state index contributed by atoms with van der Waals surface area (Å²) in [6.45, 7) is 14.1. The van der Waals surface area contributed by atoms with E-state index in [4.69, 9.17) is 28.3 Å². The number of aliphatic hydroxyl groups is 3. The third-order valence-corrected chi connectivity index (χ3v) is 13.1. The van der Waals surface area contributed by atoms with Crippen molar-refractivity contribution in [3.8, 4) is 11.5 Å². The summed E-state index contributed by atoms with van der Waals surface area (Å²) in [7, 11) is 1.44. The number of nitrogens with one attached hydrogen (secondary N) is 1. The summed E-state index contributed by atoms with van der Waals surface area (Å²) in [6.07, 6.45) is 6.54. The van der Waals surface area contributed by atoms with Crippen LogP contribution < -0.4 is 31.0 Å². The lowest BCUT2D eigenvalue weighted by Gasteiger charge is -2.38. The molecule has 3 aliphatic heterocycles. The van der Waals surface area contributed by atoms with Crippen LogP contribution in [-0.4, -0.2) is 87.7 Å². The minimum absolute atomic E-state index is 0.0448. The summed E-state index contributed by atoms with van der Waals surface area (Å²) < 4.78 is 30.4. The minimum atomic E-state index is -1.97. The van der Waals surface area contributed by atoms with E-state index < -0.39 is 88.1 Å². The van der Waals surface area contributed by atoms with Crippen molar-refractivity contribution in [3.63, 3.8) is 0 Å². The van der Waals surface area contributed by atoms with E-state index in [0.29, 0.717) is 5.69 Å². The van der Waals surface area contributed by atoms with E-state index in [2.05, 4.69) is 10.2 Å². The Labute approximate surface area is 369 Å². The van der Waals surface area contributed by atoms with Crippen LogP contribution in [0.2, 0.25) is 0 Å². The van der Waals surface area contributed by atoms with Crippen LogP contribution in [0.5, 0.6) is 11.5 Å². The molecule has 5 N–H and O–H groups in total. The van der Waals surface area contributed by atoms with Crippen molar-refractivity contribution in [1.82, 2.24) is 4.98 Å². The quantitative estimate of drug-likeness (QED) is 0.0966. The molecule has 9 atom stereocenters. The molecule has 4 bridgehead atoms. The largest absolute Gasteiger partial charge is 0.507 e. The lowest BCUT2D eigenvalue weighted by Crippen LogP contribution is -2.46. The van der Waals surface area contributed by atoms with E-state index in [0.717, 1.165) is 32.4 Å². The van der Waals surface area contributed by atoms with E-state index >= 15 is 0 Å². The van der Waals surface area contributed by atoms with Crippen LogP contribution in [0.4, 0.5) is 11.4 Å². The molecule has 1 fully saturated rings. The average molecular weight is 884 g/mol. The van der Waals surface area contributed by atoms with Crippen molar-refractivity contribution in [1.29, 1.82) is 0 Å². The second kappa shape index (κ2) is 17.9. The fourth-order valence-corrected chi connectivity index (χ4v) is 9.21. The number of amides is 1. The Morgan fingerprint density at radius 1 is 0.938 bits per heavy atom. The highest BCUT2D eigenvalue weighted by molar-refractivity contribution is 6.16. The smallest absolute Gasteiger partial charge is 0.307 e. The lowest BCUT2D eigenvalue weighted by molar-refractivity contribution is -0.160. The van der Waals surface area contributed by atoms with Gasteiger partial charge in [-0.1, -0.05) is 45.9 Å². The Morgan fingerprint density at radius 3 is 2.31 bits per heavy atom. The van der Waals surface area contributed by atoms with Crippen LogP contribution >= 0.6 is 0 Å². The molecule has 7 rings (SSSR count). The average Bonchev–Trinajstić information content (AvgIpc) is 3.54. The van der Waals surface area contributed by atoms with Crippen LogP contribution in [0.3, 0.4) is 0 Å². The highest BCUT2D eigenvalue weighted by Gasteiger charge is 2.44. The number of ether oxygens (including phenoxy) is 4. The Balaban J connectivity index is 1.49. The maximum absolute atomic E-state index is 14.8. The number of methoxy groups -OCH3 is 1. The predicted molar refractivity (Wildman–Crippen MR) is 241 cm³/mol. The lowest BCUT2D eigenvalue weighted by atomic mass is 9.78. The summed E-state index contributed by atoms with van der Waals surface area (Å²) in [5.41, 5.74) is -1.27. The molecular weight excluding hydrogens is 827 g/mol. The molecule has 0 aliphatic carbocycles. The van der Waals surface area contributed by atoms with Gasteiger partial charge in [-0.2, -0.15) is 0 Å². The molecule has 0 radical (unpaired) electrons. The third-order valence-electron chi connectivity index (χ3n) is 13.1. The van der Waals surface area contributed by atoms with Crippen molar-refractivity contribution in [2.24, 2.45) is 23.7 Å². The van der Waals surface area contributed by atoms with E-state index in [1.54, 1.807) is 45.9 Å². The second-order valence-electron chi connectivity index (χ2n) is 17.6. The third kappa shape index (κ3) is 8.18. The fraction of sp³-hybridized carbons (Fsp3) is 0.479. The Morgan fingerprint density at radius 2 is 1.64 bits per heavy atom. The van der Waals surface area contributed by atoms with Gasteiger partial charge >= 0.3 is 11.8 Å². The van der Waals surface area contributed by atoms with E-state index in [9.17, 15) is 39.6 Å². The summed E-state index contributed by atoms with van der Waals surface area (Å²) in [6, 6.07) is 3.14. The topological polar surface area (TPSA) is 227 Å². The number of phenolic OH excluding ortho intramolecular Hbond substituents is 1. The van der Waals surface area contributed by atoms with Crippen LogP contribution in [0.1, 0.15) is 73.3 Å². The van der Waals surface area contributed by atoms with E-state index in [-0.39, 0.29) is 60.8 Å². The molecule has 0 spiro atoms. The SMILES string of the molecule is CO[C@H]1/C=C/O[C@@]2(C)Oc3c(C)c(O)c4c(=O)c(c5oc6cc(N7CCCCC7)cc(=O)c6nc5c4c3=C2O)NC(=O)/C(C)=C\C=C\[C@H](C)[C@H](O)[C@@H](C)[C@@H](O)[C@@H](C)[C@H](OC(C)=O)[C@@H]1C. The van der Waals surface area contributed by atoms with E-state index in [1.165, 1.54) is 59.3 Å². The normalized spacial score (nSPS) is 30.2. The number of hydrogen-bond donors (Lipinski definition) is 5. The molecule has 3 aromatic carbocycles. The highest BCUT2D eigenvalue weighted by atomic mass is 16.7. The number of carbonyl (C=O) groups excluding carboxylic acids is 2. The van der Waals surface area contributed by atoms with Gasteiger partial charge in [0.15, 0.2) is 22.4 Å². The summed E-state index contributed by atoms with van der Waals surface area (Å²) in [5, 5.41) is 49.1. The van der Waals surface area contributed by atoms with Gasteiger partial charge < -0.3 is 54.0 Å². The molecule has 16 nitrogen and oxygen atoms in total. The molecule has 3 aliphatic rings. The standard InChI is InChI=1S/C48H57N3O13/c1-22-14-13-15-23(2)47(59)50-38-42(57)34-33(37-45(38)63-32-21-29(20-30(53)36(32)49-37)51-17-11-10-12-18-51)35-44(27(6)41(34)56)64-48(8,46(35)58)61-19-16-31(60-9)24(3)43(62-28(7)52)26(5)40(55)25(4)39(22)54/h13-16,19-22,24-26,31,39-40,43,54-56,58H,10-12,17-18H2,1-9H3,(H,50,59)/b14-13+,19-16+,23-15-/t22-,24+,25+,26+,31-,39-,40+,43+,48-/m0/s1. The van der Waals surface area contributed by atoms with Crippen molar-refractivity contribution >= 4 is 62.0 Å². The zero-order valence-electron chi connectivity index (χ0n) is 37.6. The number of benzene rings is 3. The van der Waals surface area contributed by atoms with Crippen LogP contribution in [-0.2, 0) is 23.8 Å². The summed E-state index contributed by atoms with van der Waals surface area (Å²) in [5.74, 6) is -6.88. The molecule has 4 heterocycles. The fourth-order valence-electron chi connectivity index (χ4n) is 9.21. The Hall–Kier alpha value is -5.97. The van der Waals surface area contributed by atoms with Gasteiger partial charge in [-0.15, -0.1) is 0 Å². The molecule has 1 aromatic heterocycles. The predicted octanol–water partition coefficient (Wildman–Crippen LogP) is 5.55. The van der Waals surface area contributed by atoms with Gasteiger partial charge in [-0.3, -0.25) is 19.2 Å². The molecule has 4 aromatic rings. The number of allylic oxidation sites excluding steroid dienone is 2. The molecular formula is C48H57N3O13. The zero-order valence-corrected chi connectivity index (χ0v) is 37.6. The second-order valence-corrected chi connectivity index (χ2v) is 17.6. The first kappa shape index (κ1) is 46.0. The monoisotopic (exact) mass is 883 g/mol. The minimum Gasteiger partial charge on any atom is -0.507 e. The zero-order chi connectivity index (χ0) is 46.5. The Bertz CT molecular complexity index is 2790. The first-order valence-electron chi connectivity index (χ1n) is 21.7. The van der Waals surface area contributed by atoms with Crippen molar-refractivity contribution in [3.05, 3.63) is 79.5 Å². The van der Waals surface area contributed by atoms with Gasteiger partial charge in [-0.25, -0.2) is 4.98 Å². The number of hydrogen-bond acceptors (Lipinski definition) is 15. The number of aliphatic hydroxyl groups excluding tert-OH is 3. The van der Waals surface area contributed by atoms with Crippen LogP contribution in [0.25, 0.3) is 38.7 Å². The molecule has 0 unspecified atom stereocenters. The highest BCUT2D eigenvalue weighted by Crippen LogP contribution is 2.42. The van der Waals surface area contributed by atoms with Gasteiger partial charge in [0.05, 0.1) is 35.2 Å². The first-order valence-corrected chi connectivity index (χ1v) is 21.7. The molecule has 1 amide bonds. The Kier molecular flexibility index (Phi) is 12.9.